The van der Waals surface area contributed by atoms with E-state index in [1.807, 2.05) is 73.3 Å². The predicted molar refractivity (Wildman–Crippen MR) is 126 cm³/mol. The van der Waals surface area contributed by atoms with Crippen molar-refractivity contribution < 1.29 is 14.3 Å². The molecule has 0 aliphatic carbocycles. The van der Waals surface area contributed by atoms with E-state index in [-0.39, 0.29) is 17.9 Å². The van der Waals surface area contributed by atoms with Crippen LogP contribution in [0.3, 0.4) is 0 Å². The lowest BCUT2D eigenvalue weighted by atomic mass is 9.93. The number of fused-ring (bicyclic) bond motifs is 1. The van der Waals surface area contributed by atoms with Gasteiger partial charge in [-0.2, -0.15) is 0 Å². The first-order chi connectivity index (χ1) is 15.5. The lowest BCUT2D eigenvalue weighted by molar-refractivity contribution is -0.122. The molecule has 4 rings (SSSR count). The molecular formula is C26H31N3O3. The summed E-state index contributed by atoms with van der Waals surface area (Å²) in [5.74, 6) is 1.24. The second-order valence-electron chi connectivity index (χ2n) is 8.80. The SMILES string of the molecule is CC(C)Oc1ccc(CNC(=O)CC2CCN(C(=O)c3cc4ccccc4[nH]3)CC2)cc1. The summed E-state index contributed by atoms with van der Waals surface area (Å²) in [6.45, 7) is 5.87. The first kappa shape index (κ1) is 21.9. The third-order valence-electron chi connectivity index (χ3n) is 5.92. The number of rotatable bonds is 7. The highest BCUT2D eigenvalue weighted by Gasteiger charge is 2.25. The highest BCUT2D eigenvalue weighted by molar-refractivity contribution is 5.98. The first-order valence-corrected chi connectivity index (χ1v) is 11.4. The lowest BCUT2D eigenvalue weighted by Crippen LogP contribution is -2.39. The number of carbonyl (C=O) groups is 2. The largest absolute Gasteiger partial charge is 0.491 e. The topological polar surface area (TPSA) is 74.4 Å². The minimum atomic E-state index is 0.0361. The molecular weight excluding hydrogens is 402 g/mol. The molecule has 32 heavy (non-hydrogen) atoms. The first-order valence-electron chi connectivity index (χ1n) is 11.4. The van der Waals surface area contributed by atoms with E-state index in [2.05, 4.69) is 10.3 Å². The molecule has 0 atom stereocenters. The van der Waals surface area contributed by atoms with E-state index in [4.69, 9.17) is 4.74 Å². The molecule has 2 heterocycles. The fraction of sp³-hybridized carbons (Fsp3) is 0.385. The lowest BCUT2D eigenvalue weighted by Gasteiger charge is -2.31. The van der Waals surface area contributed by atoms with Gasteiger partial charge in [0.15, 0.2) is 0 Å². The predicted octanol–water partition coefficient (Wildman–Crippen LogP) is 4.51. The average molecular weight is 434 g/mol. The quantitative estimate of drug-likeness (QED) is 0.576. The molecule has 1 aliphatic rings. The van der Waals surface area contributed by atoms with Gasteiger partial charge in [0.05, 0.1) is 6.10 Å². The van der Waals surface area contributed by atoms with Gasteiger partial charge in [-0.1, -0.05) is 30.3 Å². The Kier molecular flexibility index (Phi) is 6.78. The van der Waals surface area contributed by atoms with Crippen LogP contribution in [-0.2, 0) is 11.3 Å². The Labute approximate surface area is 188 Å². The van der Waals surface area contributed by atoms with E-state index in [1.54, 1.807) is 0 Å². The van der Waals surface area contributed by atoms with Gasteiger partial charge in [-0.3, -0.25) is 9.59 Å². The van der Waals surface area contributed by atoms with Crippen molar-refractivity contribution in [3.05, 3.63) is 65.9 Å². The van der Waals surface area contributed by atoms with Crippen molar-refractivity contribution in [3.63, 3.8) is 0 Å². The molecule has 168 valence electrons. The maximum absolute atomic E-state index is 12.8. The van der Waals surface area contributed by atoms with Crippen LogP contribution in [0.15, 0.2) is 54.6 Å². The van der Waals surface area contributed by atoms with Crippen LogP contribution in [0.4, 0.5) is 0 Å². The number of hydrogen-bond donors (Lipinski definition) is 2. The molecule has 1 aliphatic heterocycles. The number of carbonyl (C=O) groups excluding carboxylic acids is 2. The van der Waals surface area contributed by atoms with Crippen LogP contribution in [0.5, 0.6) is 5.75 Å². The van der Waals surface area contributed by atoms with Crippen molar-refractivity contribution in [1.82, 2.24) is 15.2 Å². The number of nitrogens with one attached hydrogen (secondary N) is 2. The molecule has 0 spiro atoms. The maximum Gasteiger partial charge on any atom is 0.270 e. The number of H-pyrrole nitrogens is 1. The Hall–Kier alpha value is -3.28. The van der Waals surface area contributed by atoms with Crippen LogP contribution in [-0.4, -0.2) is 40.9 Å². The summed E-state index contributed by atoms with van der Waals surface area (Å²) >= 11 is 0. The number of piperidine rings is 1. The third kappa shape index (κ3) is 5.49. The molecule has 3 aromatic rings. The molecule has 0 bridgehead atoms. The van der Waals surface area contributed by atoms with E-state index >= 15 is 0 Å². The molecule has 2 aromatic carbocycles. The number of nitrogens with zero attached hydrogens (tertiary/aromatic N) is 1. The Morgan fingerprint density at radius 2 is 1.81 bits per heavy atom. The van der Waals surface area contributed by atoms with Crippen molar-refractivity contribution in [3.8, 4) is 5.75 Å². The summed E-state index contributed by atoms with van der Waals surface area (Å²) in [5, 5.41) is 4.06. The number of benzene rings is 2. The number of ether oxygens (including phenoxy) is 1. The highest BCUT2D eigenvalue weighted by atomic mass is 16.5. The Morgan fingerprint density at radius 1 is 1.09 bits per heavy atom. The van der Waals surface area contributed by atoms with E-state index in [0.717, 1.165) is 35.1 Å². The van der Waals surface area contributed by atoms with E-state index < -0.39 is 0 Å². The molecule has 0 unspecified atom stereocenters. The third-order valence-corrected chi connectivity index (χ3v) is 5.92. The zero-order valence-electron chi connectivity index (χ0n) is 18.8. The summed E-state index contributed by atoms with van der Waals surface area (Å²) in [7, 11) is 0. The van der Waals surface area contributed by atoms with Crippen molar-refractivity contribution in [2.24, 2.45) is 5.92 Å². The van der Waals surface area contributed by atoms with Gasteiger partial charge in [0.2, 0.25) is 5.91 Å². The standard InChI is InChI=1S/C26H31N3O3/c1-18(2)32-22-9-7-20(8-10-22)17-27-25(30)15-19-11-13-29(14-12-19)26(31)24-16-21-5-3-4-6-23(21)28-24/h3-10,16,18-19,28H,11-15,17H2,1-2H3,(H,27,30). The fourth-order valence-electron chi connectivity index (χ4n) is 4.19. The van der Waals surface area contributed by atoms with Crippen LogP contribution in [0, 0.1) is 5.92 Å². The van der Waals surface area contributed by atoms with Crippen molar-refractivity contribution in [2.75, 3.05) is 13.1 Å². The van der Waals surface area contributed by atoms with Gasteiger partial charge in [-0.15, -0.1) is 0 Å². The zero-order chi connectivity index (χ0) is 22.5. The second kappa shape index (κ2) is 9.90. The van der Waals surface area contributed by atoms with Crippen LogP contribution >= 0.6 is 0 Å². The summed E-state index contributed by atoms with van der Waals surface area (Å²) in [5.41, 5.74) is 2.66. The molecule has 2 N–H and O–H groups in total. The number of aromatic amines is 1. The van der Waals surface area contributed by atoms with Crippen LogP contribution < -0.4 is 10.1 Å². The molecule has 0 radical (unpaired) electrons. The summed E-state index contributed by atoms with van der Waals surface area (Å²) in [4.78, 5) is 30.4. The minimum absolute atomic E-state index is 0.0361. The monoisotopic (exact) mass is 433 g/mol. The molecule has 2 amide bonds. The number of para-hydroxylation sites is 1. The van der Waals surface area contributed by atoms with Crippen LogP contribution in [0.25, 0.3) is 10.9 Å². The van der Waals surface area contributed by atoms with Gasteiger partial charge >= 0.3 is 0 Å². The van der Waals surface area contributed by atoms with Gasteiger partial charge in [-0.05, 0) is 62.4 Å². The van der Waals surface area contributed by atoms with Crippen molar-refractivity contribution in [2.45, 2.75) is 45.8 Å². The molecule has 1 aromatic heterocycles. The highest BCUT2D eigenvalue weighted by Crippen LogP contribution is 2.23. The number of hydrogen-bond acceptors (Lipinski definition) is 3. The van der Waals surface area contributed by atoms with E-state index in [1.165, 1.54) is 0 Å². The number of aromatic nitrogens is 1. The van der Waals surface area contributed by atoms with Gasteiger partial charge in [0.1, 0.15) is 11.4 Å². The molecule has 1 fully saturated rings. The molecule has 6 nitrogen and oxygen atoms in total. The van der Waals surface area contributed by atoms with Gasteiger partial charge in [-0.25, -0.2) is 0 Å². The normalized spacial score (nSPS) is 14.7. The fourth-order valence-corrected chi connectivity index (χ4v) is 4.19. The van der Waals surface area contributed by atoms with E-state index in [9.17, 15) is 9.59 Å². The zero-order valence-corrected chi connectivity index (χ0v) is 18.8. The number of amides is 2. The maximum atomic E-state index is 12.8. The average Bonchev–Trinajstić information content (AvgIpc) is 3.23. The van der Waals surface area contributed by atoms with Gasteiger partial charge in [0.25, 0.3) is 5.91 Å². The summed E-state index contributed by atoms with van der Waals surface area (Å²) < 4.78 is 5.65. The van der Waals surface area contributed by atoms with Gasteiger partial charge < -0.3 is 19.9 Å². The van der Waals surface area contributed by atoms with Crippen LogP contribution in [0.2, 0.25) is 0 Å². The molecule has 0 saturated carbocycles. The smallest absolute Gasteiger partial charge is 0.270 e. The Bertz CT molecular complexity index is 1030. The van der Waals surface area contributed by atoms with Crippen molar-refractivity contribution in [1.29, 1.82) is 0 Å². The molecule has 6 heteroatoms. The Morgan fingerprint density at radius 3 is 2.50 bits per heavy atom. The number of likely N-dealkylation sites (tertiary alicyclic amines) is 1. The minimum Gasteiger partial charge on any atom is -0.491 e. The van der Waals surface area contributed by atoms with E-state index in [0.29, 0.717) is 37.7 Å². The summed E-state index contributed by atoms with van der Waals surface area (Å²) in [6.07, 6.45) is 2.34. The Balaban J connectivity index is 1.21. The van der Waals surface area contributed by atoms with Crippen molar-refractivity contribution >= 4 is 22.7 Å². The van der Waals surface area contributed by atoms with Gasteiger partial charge in [0, 0.05) is 37.0 Å². The molecule has 1 saturated heterocycles. The second-order valence-corrected chi connectivity index (χ2v) is 8.80. The summed E-state index contributed by atoms with van der Waals surface area (Å²) in [6, 6.07) is 17.6. The van der Waals surface area contributed by atoms with Crippen LogP contribution in [0.1, 0.15) is 49.2 Å².